The maximum absolute atomic E-state index is 12.8. The smallest absolute Gasteiger partial charge is 0.250 e. The molecule has 1 aliphatic heterocycles. The van der Waals surface area contributed by atoms with Crippen LogP contribution in [0.5, 0.6) is 0 Å². The number of benzene rings is 1. The van der Waals surface area contributed by atoms with Gasteiger partial charge in [-0.1, -0.05) is 36.4 Å². The lowest BCUT2D eigenvalue weighted by Gasteiger charge is -2.35. The summed E-state index contributed by atoms with van der Waals surface area (Å²) in [6, 6.07) is 14.2. The fraction of sp³-hybridized carbons (Fsp3) is 0.350. The summed E-state index contributed by atoms with van der Waals surface area (Å²) in [6.07, 6.45) is 0.687. The number of aromatic nitrogens is 1. The first-order valence-corrected chi connectivity index (χ1v) is 8.84. The summed E-state index contributed by atoms with van der Waals surface area (Å²) in [5.41, 5.74) is 1.72. The SMILES string of the molecule is Cc1cccc(=O)n1CCC(=O)N1CCNC(=O)C1Cc1ccccc1. The molecule has 3 rings (SSSR count). The van der Waals surface area contributed by atoms with E-state index in [1.54, 1.807) is 15.5 Å². The Morgan fingerprint density at radius 3 is 2.62 bits per heavy atom. The molecule has 2 heterocycles. The summed E-state index contributed by atoms with van der Waals surface area (Å²) >= 11 is 0. The number of carbonyl (C=O) groups excluding carboxylic acids is 2. The summed E-state index contributed by atoms with van der Waals surface area (Å²) in [4.78, 5) is 38.7. The largest absolute Gasteiger partial charge is 0.353 e. The second-order valence-corrected chi connectivity index (χ2v) is 6.49. The zero-order valence-electron chi connectivity index (χ0n) is 14.9. The third kappa shape index (κ3) is 4.02. The summed E-state index contributed by atoms with van der Waals surface area (Å²) in [5, 5.41) is 2.84. The van der Waals surface area contributed by atoms with Crippen LogP contribution in [0.3, 0.4) is 0 Å². The first-order valence-electron chi connectivity index (χ1n) is 8.84. The molecule has 6 nitrogen and oxygen atoms in total. The Balaban J connectivity index is 1.71. The van der Waals surface area contributed by atoms with Crippen LogP contribution >= 0.6 is 0 Å². The van der Waals surface area contributed by atoms with Gasteiger partial charge in [-0.2, -0.15) is 0 Å². The average molecular weight is 353 g/mol. The van der Waals surface area contributed by atoms with E-state index in [0.29, 0.717) is 26.1 Å². The molecule has 2 aromatic rings. The number of carbonyl (C=O) groups is 2. The van der Waals surface area contributed by atoms with Crippen LogP contribution in [-0.2, 0) is 22.6 Å². The minimum Gasteiger partial charge on any atom is -0.353 e. The van der Waals surface area contributed by atoms with Gasteiger partial charge >= 0.3 is 0 Å². The van der Waals surface area contributed by atoms with Gasteiger partial charge in [-0.3, -0.25) is 14.4 Å². The normalized spacial score (nSPS) is 17.0. The number of hydrogen-bond acceptors (Lipinski definition) is 3. The number of piperazine rings is 1. The number of nitrogens with one attached hydrogen (secondary N) is 1. The second-order valence-electron chi connectivity index (χ2n) is 6.49. The molecule has 0 saturated carbocycles. The van der Waals surface area contributed by atoms with Gasteiger partial charge in [0.1, 0.15) is 6.04 Å². The topological polar surface area (TPSA) is 71.4 Å². The predicted molar refractivity (Wildman–Crippen MR) is 98.7 cm³/mol. The van der Waals surface area contributed by atoms with Crippen molar-refractivity contribution in [3.8, 4) is 0 Å². The Kier molecular flexibility index (Phi) is 5.51. The van der Waals surface area contributed by atoms with E-state index in [1.807, 2.05) is 43.3 Å². The summed E-state index contributed by atoms with van der Waals surface area (Å²) in [6.45, 7) is 3.11. The standard InChI is InChI=1S/C20H23N3O3/c1-15-6-5-9-18(24)22(15)12-10-19(25)23-13-11-21-20(26)17(23)14-16-7-3-2-4-8-16/h2-9,17H,10-14H2,1H3,(H,21,26). The molecule has 1 aromatic carbocycles. The van der Waals surface area contributed by atoms with E-state index >= 15 is 0 Å². The molecular weight excluding hydrogens is 330 g/mol. The monoisotopic (exact) mass is 353 g/mol. The minimum absolute atomic E-state index is 0.101. The van der Waals surface area contributed by atoms with E-state index in [1.165, 1.54) is 6.07 Å². The number of nitrogens with zero attached hydrogens (tertiary/aromatic N) is 2. The molecular formula is C20H23N3O3. The predicted octanol–water partition coefficient (Wildman–Crippen LogP) is 1.12. The fourth-order valence-electron chi connectivity index (χ4n) is 3.31. The quantitative estimate of drug-likeness (QED) is 0.875. The third-order valence-corrected chi connectivity index (χ3v) is 4.74. The number of aryl methyl sites for hydroxylation is 1. The molecule has 0 spiro atoms. The highest BCUT2D eigenvalue weighted by molar-refractivity contribution is 5.89. The van der Waals surface area contributed by atoms with Crippen LogP contribution in [0.25, 0.3) is 0 Å². The maximum Gasteiger partial charge on any atom is 0.250 e. The van der Waals surface area contributed by atoms with Crippen LogP contribution in [0.1, 0.15) is 17.7 Å². The van der Waals surface area contributed by atoms with Crippen LogP contribution in [0.4, 0.5) is 0 Å². The average Bonchev–Trinajstić information content (AvgIpc) is 2.63. The first kappa shape index (κ1) is 17.9. The van der Waals surface area contributed by atoms with Gasteiger partial charge in [-0.05, 0) is 18.6 Å². The molecule has 1 unspecified atom stereocenters. The van der Waals surface area contributed by atoms with E-state index in [0.717, 1.165) is 11.3 Å². The number of rotatable bonds is 5. The van der Waals surface area contributed by atoms with Crippen molar-refractivity contribution >= 4 is 11.8 Å². The Hall–Kier alpha value is -2.89. The van der Waals surface area contributed by atoms with Crippen LogP contribution < -0.4 is 10.9 Å². The molecule has 0 radical (unpaired) electrons. The van der Waals surface area contributed by atoms with Gasteiger partial charge in [0.05, 0.1) is 0 Å². The van der Waals surface area contributed by atoms with E-state index in [9.17, 15) is 14.4 Å². The lowest BCUT2D eigenvalue weighted by atomic mass is 10.0. The van der Waals surface area contributed by atoms with Gasteiger partial charge < -0.3 is 14.8 Å². The Labute approximate surface area is 152 Å². The summed E-state index contributed by atoms with van der Waals surface area (Å²) in [7, 11) is 0. The second kappa shape index (κ2) is 7.99. The molecule has 136 valence electrons. The van der Waals surface area contributed by atoms with E-state index in [4.69, 9.17) is 0 Å². The van der Waals surface area contributed by atoms with Gasteiger partial charge in [0.2, 0.25) is 11.8 Å². The first-order chi connectivity index (χ1) is 12.6. The highest BCUT2D eigenvalue weighted by atomic mass is 16.2. The molecule has 1 atom stereocenters. The molecule has 26 heavy (non-hydrogen) atoms. The van der Waals surface area contributed by atoms with Crippen LogP contribution in [0.15, 0.2) is 53.3 Å². The van der Waals surface area contributed by atoms with Crippen molar-refractivity contribution < 1.29 is 9.59 Å². The Morgan fingerprint density at radius 1 is 1.12 bits per heavy atom. The third-order valence-electron chi connectivity index (χ3n) is 4.74. The molecule has 0 aliphatic carbocycles. The highest BCUT2D eigenvalue weighted by Crippen LogP contribution is 2.14. The Bertz CT molecular complexity index is 845. The van der Waals surface area contributed by atoms with Gasteiger partial charge in [0.25, 0.3) is 5.56 Å². The zero-order chi connectivity index (χ0) is 18.5. The number of hydrogen-bond donors (Lipinski definition) is 1. The number of amides is 2. The highest BCUT2D eigenvalue weighted by Gasteiger charge is 2.32. The van der Waals surface area contributed by atoms with E-state index < -0.39 is 6.04 Å². The molecule has 6 heteroatoms. The van der Waals surface area contributed by atoms with Crippen molar-refractivity contribution in [2.24, 2.45) is 0 Å². The molecule has 1 aliphatic rings. The van der Waals surface area contributed by atoms with Crippen LogP contribution in [0, 0.1) is 6.92 Å². The van der Waals surface area contributed by atoms with Crippen molar-refractivity contribution in [2.75, 3.05) is 13.1 Å². The lowest BCUT2D eigenvalue weighted by molar-refractivity contribution is -0.143. The van der Waals surface area contributed by atoms with Crippen molar-refractivity contribution in [3.63, 3.8) is 0 Å². The van der Waals surface area contributed by atoms with Crippen molar-refractivity contribution in [2.45, 2.75) is 32.4 Å². The van der Waals surface area contributed by atoms with Crippen molar-refractivity contribution in [1.29, 1.82) is 0 Å². The molecule has 2 amide bonds. The summed E-state index contributed by atoms with van der Waals surface area (Å²) < 4.78 is 1.59. The van der Waals surface area contributed by atoms with Gasteiger partial charge in [-0.15, -0.1) is 0 Å². The van der Waals surface area contributed by atoms with Gasteiger partial charge in [0.15, 0.2) is 0 Å². The molecule has 1 saturated heterocycles. The number of pyridine rings is 1. The molecule has 1 fully saturated rings. The van der Waals surface area contributed by atoms with E-state index in [-0.39, 0.29) is 23.8 Å². The zero-order valence-corrected chi connectivity index (χ0v) is 14.9. The van der Waals surface area contributed by atoms with Crippen molar-refractivity contribution in [1.82, 2.24) is 14.8 Å². The minimum atomic E-state index is -0.507. The van der Waals surface area contributed by atoms with Gasteiger partial charge in [0, 0.05) is 44.2 Å². The Morgan fingerprint density at radius 2 is 1.88 bits per heavy atom. The van der Waals surface area contributed by atoms with Crippen molar-refractivity contribution in [3.05, 3.63) is 70.1 Å². The van der Waals surface area contributed by atoms with E-state index in [2.05, 4.69) is 5.32 Å². The molecule has 1 N–H and O–H groups in total. The van der Waals surface area contributed by atoms with Crippen LogP contribution in [-0.4, -0.2) is 40.4 Å². The molecule has 0 bridgehead atoms. The molecule has 1 aromatic heterocycles. The lowest BCUT2D eigenvalue weighted by Crippen LogP contribution is -2.58. The van der Waals surface area contributed by atoms with Gasteiger partial charge in [-0.25, -0.2) is 0 Å². The summed E-state index contributed by atoms with van der Waals surface area (Å²) in [5.74, 6) is -0.225. The fourth-order valence-corrected chi connectivity index (χ4v) is 3.31. The van der Waals surface area contributed by atoms with Crippen LogP contribution in [0.2, 0.25) is 0 Å². The maximum atomic E-state index is 12.8.